The minimum absolute atomic E-state index is 0.0870. The van der Waals surface area contributed by atoms with Gasteiger partial charge >= 0.3 is 5.97 Å². The molecule has 1 aromatic heterocycles. The van der Waals surface area contributed by atoms with Gasteiger partial charge in [-0.15, -0.1) is 0 Å². The highest BCUT2D eigenvalue weighted by Gasteiger charge is 2.30. The van der Waals surface area contributed by atoms with E-state index in [1.54, 1.807) is 6.20 Å². The fraction of sp³-hybridized carbons (Fsp3) is 0.500. The van der Waals surface area contributed by atoms with Gasteiger partial charge in [0.15, 0.2) is 5.82 Å². The van der Waals surface area contributed by atoms with Gasteiger partial charge in [0.05, 0.1) is 19.2 Å². The van der Waals surface area contributed by atoms with E-state index in [2.05, 4.69) is 9.97 Å². The zero-order valence-electron chi connectivity index (χ0n) is 8.89. The second-order valence-corrected chi connectivity index (χ2v) is 4.06. The van der Waals surface area contributed by atoms with Crippen molar-refractivity contribution in [3.63, 3.8) is 0 Å². The summed E-state index contributed by atoms with van der Waals surface area (Å²) in [5.41, 5.74) is 0. The molecule has 0 aliphatic carbocycles. The van der Waals surface area contributed by atoms with Crippen LogP contribution in [0.4, 0.5) is 5.82 Å². The lowest BCUT2D eigenvalue weighted by molar-refractivity contribution is -0.144. The topological polar surface area (TPSA) is 55.3 Å². The van der Waals surface area contributed by atoms with Crippen LogP contribution >= 0.6 is 11.6 Å². The van der Waals surface area contributed by atoms with Crippen molar-refractivity contribution in [1.29, 1.82) is 0 Å². The van der Waals surface area contributed by atoms with Crippen LogP contribution in [0, 0.1) is 5.92 Å². The van der Waals surface area contributed by atoms with Gasteiger partial charge in [-0.2, -0.15) is 0 Å². The van der Waals surface area contributed by atoms with Crippen molar-refractivity contribution < 1.29 is 9.53 Å². The molecule has 0 amide bonds. The molecule has 0 N–H and O–H groups in total. The van der Waals surface area contributed by atoms with Crippen molar-refractivity contribution >= 4 is 23.4 Å². The van der Waals surface area contributed by atoms with Crippen LogP contribution in [0.25, 0.3) is 0 Å². The Morgan fingerprint density at radius 3 is 3.19 bits per heavy atom. The molecule has 1 aliphatic rings. The summed E-state index contributed by atoms with van der Waals surface area (Å²) in [6, 6.07) is 0. The number of methoxy groups -OCH3 is 1. The number of aromatic nitrogens is 2. The maximum atomic E-state index is 11.4. The molecule has 16 heavy (non-hydrogen) atoms. The Kier molecular flexibility index (Phi) is 3.24. The third-order valence-corrected chi connectivity index (χ3v) is 2.94. The second-order valence-electron chi connectivity index (χ2n) is 3.65. The zero-order valence-corrected chi connectivity index (χ0v) is 9.65. The number of nitrogens with zero attached hydrogens (tertiary/aromatic N) is 3. The number of anilines is 1. The molecule has 1 saturated heterocycles. The lowest BCUT2D eigenvalue weighted by Gasteiger charge is -2.17. The lowest BCUT2D eigenvalue weighted by atomic mass is 10.1. The molecule has 1 unspecified atom stereocenters. The third-order valence-electron chi connectivity index (χ3n) is 2.67. The molecule has 1 aromatic rings. The number of rotatable bonds is 2. The monoisotopic (exact) mass is 241 g/mol. The van der Waals surface area contributed by atoms with Crippen LogP contribution in [0.3, 0.4) is 0 Å². The highest BCUT2D eigenvalue weighted by atomic mass is 35.5. The summed E-state index contributed by atoms with van der Waals surface area (Å²) < 4.78 is 4.72. The van der Waals surface area contributed by atoms with Crippen molar-refractivity contribution in [2.45, 2.75) is 6.42 Å². The predicted molar refractivity (Wildman–Crippen MR) is 59.4 cm³/mol. The highest BCUT2D eigenvalue weighted by molar-refractivity contribution is 6.32. The van der Waals surface area contributed by atoms with E-state index in [4.69, 9.17) is 16.3 Å². The lowest BCUT2D eigenvalue weighted by Crippen LogP contribution is -2.24. The van der Waals surface area contributed by atoms with Gasteiger partial charge in [0.2, 0.25) is 0 Å². The van der Waals surface area contributed by atoms with E-state index in [9.17, 15) is 4.79 Å². The van der Waals surface area contributed by atoms with Gasteiger partial charge in [0.1, 0.15) is 11.3 Å². The van der Waals surface area contributed by atoms with Gasteiger partial charge in [-0.25, -0.2) is 9.97 Å². The number of hydrogen-bond acceptors (Lipinski definition) is 5. The number of hydrogen-bond donors (Lipinski definition) is 0. The van der Waals surface area contributed by atoms with E-state index in [1.165, 1.54) is 13.4 Å². The van der Waals surface area contributed by atoms with Crippen molar-refractivity contribution in [2.75, 3.05) is 25.1 Å². The van der Waals surface area contributed by atoms with Crippen LogP contribution in [-0.4, -0.2) is 36.1 Å². The van der Waals surface area contributed by atoms with Gasteiger partial charge < -0.3 is 9.64 Å². The van der Waals surface area contributed by atoms with E-state index < -0.39 is 0 Å². The Morgan fingerprint density at radius 2 is 2.50 bits per heavy atom. The predicted octanol–water partition coefficient (Wildman–Crippen LogP) is 1.13. The molecule has 1 aliphatic heterocycles. The first-order valence-corrected chi connectivity index (χ1v) is 5.38. The molecule has 2 rings (SSSR count). The molecule has 2 heterocycles. The standard InChI is InChI=1S/C10H12ClN3O2/c1-16-10(15)7-2-3-14(5-7)9-8(11)4-12-6-13-9/h4,6-7H,2-3,5H2,1H3. The minimum Gasteiger partial charge on any atom is -0.469 e. The first-order valence-electron chi connectivity index (χ1n) is 5.00. The molecule has 0 saturated carbocycles. The van der Waals surface area contributed by atoms with E-state index in [1.807, 2.05) is 4.90 Å². The van der Waals surface area contributed by atoms with Crippen LogP contribution in [0.1, 0.15) is 6.42 Å². The first-order chi connectivity index (χ1) is 7.72. The Labute approximate surface area is 98.4 Å². The molecular weight excluding hydrogens is 230 g/mol. The Morgan fingerprint density at radius 1 is 1.69 bits per heavy atom. The maximum absolute atomic E-state index is 11.4. The summed E-state index contributed by atoms with van der Waals surface area (Å²) in [6.07, 6.45) is 3.77. The number of ether oxygens (including phenoxy) is 1. The average molecular weight is 242 g/mol. The van der Waals surface area contributed by atoms with E-state index >= 15 is 0 Å². The minimum atomic E-state index is -0.173. The fourth-order valence-electron chi connectivity index (χ4n) is 1.85. The molecule has 0 spiro atoms. The van der Waals surface area contributed by atoms with E-state index in [-0.39, 0.29) is 11.9 Å². The average Bonchev–Trinajstić information content (AvgIpc) is 2.78. The number of carbonyl (C=O) groups is 1. The summed E-state index contributed by atoms with van der Waals surface area (Å²) >= 11 is 5.98. The van der Waals surface area contributed by atoms with E-state index in [0.29, 0.717) is 17.4 Å². The van der Waals surface area contributed by atoms with Gasteiger partial charge in [0, 0.05) is 13.1 Å². The molecule has 5 nitrogen and oxygen atoms in total. The van der Waals surface area contributed by atoms with Crippen molar-refractivity contribution in [1.82, 2.24) is 9.97 Å². The summed E-state index contributed by atoms with van der Waals surface area (Å²) in [5, 5.41) is 0.507. The molecule has 0 aromatic carbocycles. The summed E-state index contributed by atoms with van der Waals surface area (Å²) in [7, 11) is 1.41. The normalized spacial score (nSPS) is 19.9. The van der Waals surface area contributed by atoms with Crippen LogP contribution in [0.15, 0.2) is 12.5 Å². The van der Waals surface area contributed by atoms with Crippen LogP contribution in [0.5, 0.6) is 0 Å². The van der Waals surface area contributed by atoms with Crippen LogP contribution in [0.2, 0.25) is 5.02 Å². The molecular formula is C10H12ClN3O2. The van der Waals surface area contributed by atoms with Crippen molar-refractivity contribution in [2.24, 2.45) is 5.92 Å². The maximum Gasteiger partial charge on any atom is 0.310 e. The SMILES string of the molecule is COC(=O)C1CCN(c2ncncc2Cl)C1. The van der Waals surface area contributed by atoms with E-state index in [0.717, 1.165) is 13.0 Å². The molecule has 1 atom stereocenters. The first kappa shape index (κ1) is 11.1. The molecule has 0 bridgehead atoms. The summed E-state index contributed by atoms with van der Waals surface area (Å²) in [6.45, 7) is 1.36. The number of esters is 1. The van der Waals surface area contributed by atoms with Crippen molar-refractivity contribution in [3.8, 4) is 0 Å². The van der Waals surface area contributed by atoms with Gasteiger partial charge in [-0.05, 0) is 6.42 Å². The highest BCUT2D eigenvalue weighted by Crippen LogP contribution is 2.27. The largest absolute Gasteiger partial charge is 0.469 e. The smallest absolute Gasteiger partial charge is 0.310 e. The quantitative estimate of drug-likeness (QED) is 0.727. The van der Waals surface area contributed by atoms with Gasteiger partial charge in [0.25, 0.3) is 0 Å². The van der Waals surface area contributed by atoms with Crippen LogP contribution in [-0.2, 0) is 9.53 Å². The molecule has 1 fully saturated rings. The Balaban J connectivity index is 2.09. The Hall–Kier alpha value is -1.36. The zero-order chi connectivity index (χ0) is 11.5. The summed E-state index contributed by atoms with van der Waals surface area (Å²) in [4.78, 5) is 21.3. The second kappa shape index (κ2) is 4.65. The van der Waals surface area contributed by atoms with Gasteiger partial charge in [-0.1, -0.05) is 11.6 Å². The fourth-order valence-corrected chi connectivity index (χ4v) is 2.08. The molecule has 6 heteroatoms. The third kappa shape index (κ3) is 2.09. The Bertz CT molecular complexity index is 399. The van der Waals surface area contributed by atoms with Gasteiger partial charge in [-0.3, -0.25) is 4.79 Å². The molecule has 0 radical (unpaired) electrons. The molecule has 86 valence electrons. The number of carbonyl (C=O) groups excluding carboxylic acids is 1. The summed E-state index contributed by atoms with van der Waals surface area (Å²) in [5.74, 6) is 0.423. The number of halogens is 1. The van der Waals surface area contributed by atoms with Crippen LogP contribution < -0.4 is 4.90 Å². The van der Waals surface area contributed by atoms with Crippen molar-refractivity contribution in [3.05, 3.63) is 17.5 Å².